The van der Waals surface area contributed by atoms with Gasteiger partial charge < -0.3 is 9.80 Å². The molecule has 3 rings (SSSR count). The summed E-state index contributed by atoms with van der Waals surface area (Å²) >= 11 is 0. The van der Waals surface area contributed by atoms with E-state index in [9.17, 15) is 9.59 Å². The normalized spacial score (nSPS) is 20.9. The topological polar surface area (TPSA) is 45.5 Å². The fourth-order valence-electron chi connectivity index (χ4n) is 2.42. The van der Waals surface area contributed by atoms with Crippen molar-refractivity contribution >= 4 is 11.7 Å². The molecule has 0 amide bonds. The number of carbonyl (C=O) groups is 2. The molecule has 94 valence electrons. The summed E-state index contributed by atoms with van der Waals surface area (Å²) in [5.74, 6) is -0.187. The minimum absolute atomic E-state index is 0.0893. The van der Waals surface area contributed by atoms with Gasteiger partial charge in [0, 0.05) is 38.5 Å². The molecule has 0 radical (unpaired) electrons. The Morgan fingerprint density at radius 1 is 1.11 bits per heavy atom. The predicted molar refractivity (Wildman–Crippen MR) is 66.5 cm³/mol. The summed E-state index contributed by atoms with van der Waals surface area (Å²) in [6.07, 6.45) is 3.13. The van der Waals surface area contributed by atoms with Crippen LogP contribution in [0, 0.1) is 0 Å². The summed E-state index contributed by atoms with van der Waals surface area (Å²) in [7, 11) is 2.06. The van der Waals surface area contributed by atoms with Crippen LogP contribution < -0.4 is 0 Å². The second-order valence-electron chi connectivity index (χ2n) is 4.75. The van der Waals surface area contributed by atoms with Gasteiger partial charge in [0.25, 0.3) is 5.91 Å². The zero-order valence-electron chi connectivity index (χ0n) is 10.3. The maximum absolute atomic E-state index is 12.3. The molecule has 0 atom stereocenters. The van der Waals surface area contributed by atoms with Crippen LogP contribution in [0.2, 0.25) is 0 Å². The molecule has 0 N–H and O–H groups in total. The Balaban J connectivity index is 1.90. The number of carbonyl (C=O) groups excluding carboxylic acids is 2. The quantitative estimate of drug-likeness (QED) is 0.721. The molecule has 1 fully saturated rings. The van der Waals surface area contributed by atoms with Crippen molar-refractivity contribution in [2.24, 2.45) is 0 Å². The number of aromatic nitrogens is 1. The van der Waals surface area contributed by atoms with Crippen LogP contribution in [-0.2, 0) is 0 Å². The molecule has 3 heterocycles. The van der Waals surface area contributed by atoms with Crippen LogP contribution in [0.3, 0.4) is 0 Å². The van der Waals surface area contributed by atoms with E-state index in [-0.39, 0.29) is 11.7 Å². The molecule has 18 heavy (non-hydrogen) atoms. The third-order valence-corrected chi connectivity index (χ3v) is 3.55. The van der Waals surface area contributed by atoms with E-state index in [1.807, 2.05) is 4.90 Å². The molecule has 1 saturated heterocycles. The molecule has 1 aromatic rings. The third kappa shape index (κ3) is 1.67. The molecule has 0 bridgehead atoms. The second kappa shape index (κ2) is 4.10. The van der Waals surface area contributed by atoms with Gasteiger partial charge in [0.05, 0.1) is 5.69 Å². The lowest BCUT2D eigenvalue weighted by atomic mass is 10.1. The van der Waals surface area contributed by atoms with Gasteiger partial charge >= 0.3 is 0 Å². The SMILES string of the molecule is CN1CCN(C2=CC(=O)c3cccn3C2=O)CC1. The fourth-order valence-corrected chi connectivity index (χ4v) is 2.42. The van der Waals surface area contributed by atoms with Crippen LogP contribution >= 0.6 is 0 Å². The number of hydrogen-bond donors (Lipinski definition) is 0. The summed E-state index contributed by atoms with van der Waals surface area (Å²) in [4.78, 5) is 28.4. The van der Waals surface area contributed by atoms with E-state index < -0.39 is 0 Å². The van der Waals surface area contributed by atoms with Gasteiger partial charge in [-0.3, -0.25) is 14.2 Å². The summed E-state index contributed by atoms with van der Waals surface area (Å²) in [5, 5.41) is 0. The second-order valence-corrected chi connectivity index (χ2v) is 4.75. The Kier molecular flexibility index (Phi) is 2.56. The summed E-state index contributed by atoms with van der Waals surface area (Å²) in [6.45, 7) is 3.41. The Labute approximate surface area is 105 Å². The van der Waals surface area contributed by atoms with E-state index in [1.165, 1.54) is 10.6 Å². The number of allylic oxidation sites excluding steroid dienone is 2. The molecule has 5 nitrogen and oxygen atoms in total. The van der Waals surface area contributed by atoms with E-state index in [0.29, 0.717) is 11.4 Å². The van der Waals surface area contributed by atoms with Gasteiger partial charge in [0.1, 0.15) is 5.70 Å². The Morgan fingerprint density at radius 2 is 1.83 bits per heavy atom. The molecule has 0 aliphatic carbocycles. The van der Waals surface area contributed by atoms with Crippen molar-refractivity contribution in [2.45, 2.75) is 0 Å². The predicted octanol–water partition coefficient (Wildman–Crippen LogP) is 0.456. The van der Waals surface area contributed by atoms with Crippen LogP contribution in [0.15, 0.2) is 30.1 Å². The van der Waals surface area contributed by atoms with E-state index in [4.69, 9.17) is 0 Å². The number of likely N-dealkylation sites (N-methyl/N-ethyl adjacent to an activating group) is 1. The number of hydrogen-bond acceptors (Lipinski definition) is 4. The lowest BCUT2D eigenvalue weighted by Gasteiger charge is -2.35. The van der Waals surface area contributed by atoms with Gasteiger partial charge in [0.2, 0.25) is 5.78 Å². The Hall–Kier alpha value is -1.88. The highest BCUT2D eigenvalue weighted by Gasteiger charge is 2.29. The molecule has 0 aromatic carbocycles. The van der Waals surface area contributed by atoms with Crippen LogP contribution in [0.25, 0.3) is 0 Å². The minimum atomic E-state index is -0.0980. The summed E-state index contributed by atoms with van der Waals surface area (Å²) in [5.41, 5.74) is 0.981. The van der Waals surface area contributed by atoms with Gasteiger partial charge in [-0.25, -0.2) is 0 Å². The lowest BCUT2D eigenvalue weighted by molar-refractivity contribution is 0.0847. The van der Waals surface area contributed by atoms with Crippen molar-refractivity contribution in [3.05, 3.63) is 35.8 Å². The molecule has 0 spiro atoms. The number of rotatable bonds is 1. The maximum Gasteiger partial charge on any atom is 0.278 e. The molecule has 0 unspecified atom stereocenters. The molecule has 0 saturated carbocycles. The zero-order valence-corrected chi connectivity index (χ0v) is 10.3. The third-order valence-electron chi connectivity index (χ3n) is 3.55. The highest BCUT2D eigenvalue weighted by atomic mass is 16.2. The van der Waals surface area contributed by atoms with Gasteiger partial charge in [-0.1, -0.05) is 0 Å². The monoisotopic (exact) mass is 245 g/mol. The van der Waals surface area contributed by atoms with Crippen molar-refractivity contribution in [1.82, 2.24) is 14.4 Å². The summed E-state index contributed by atoms with van der Waals surface area (Å²) < 4.78 is 1.44. The standard InChI is InChI=1S/C13H15N3O2/c1-14-5-7-15(8-6-14)11-9-12(17)10-3-2-4-16(10)13(11)18/h2-4,9H,5-8H2,1H3. The van der Waals surface area contributed by atoms with E-state index in [1.54, 1.807) is 18.3 Å². The highest BCUT2D eigenvalue weighted by Crippen LogP contribution is 2.19. The van der Waals surface area contributed by atoms with Gasteiger partial charge in [-0.05, 0) is 19.2 Å². The number of ketones is 1. The van der Waals surface area contributed by atoms with Crippen molar-refractivity contribution in [1.29, 1.82) is 0 Å². The van der Waals surface area contributed by atoms with Crippen LogP contribution in [-0.4, -0.2) is 59.3 Å². The molecule has 1 aromatic heterocycles. The average Bonchev–Trinajstić information content (AvgIpc) is 2.85. The molecular weight excluding hydrogens is 230 g/mol. The van der Waals surface area contributed by atoms with Gasteiger partial charge in [-0.15, -0.1) is 0 Å². The van der Waals surface area contributed by atoms with Crippen LogP contribution in [0.1, 0.15) is 15.3 Å². The smallest absolute Gasteiger partial charge is 0.278 e. The van der Waals surface area contributed by atoms with E-state index >= 15 is 0 Å². The number of fused-ring (bicyclic) bond motifs is 1. The molecule has 5 heteroatoms. The molecule has 2 aliphatic rings. The summed E-state index contributed by atoms with van der Waals surface area (Å²) in [6, 6.07) is 3.41. The first-order valence-electron chi connectivity index (χ1n) is 6.08. The maximum atomic E-state index is 12.3. The van der Waals surface area contributed by atoms with Gasteiger partial charge in [-0.2, -0.15) is 0 Å². The largest absolute Gasteiger partial charge is 0.364 e. The first-order valence-corrected chi connectivity index (χ1v) is 6.08. The number of piperazine rings is 1. The van der Waals surface area contributed by atoms with Crippen LogP contribution in [0.4, 0.5) is 0 Å². The Morgan fingerprint density at radius 3 is 2.56 bits per heavy atom. The zero-order chi connectivity index (χ0) is 12.7. The highest BCUT2D eigenvalue weighted by molar-refractivity contribution is 6.15. The van der Waals surface area contributed by atoms with Crippen molar-refractivity contribution in [3.8, 4) is 0 Å². The number of nitrogens with zero attached hydrogens (tertiary/aromatic N) is 3. The average molecular weight is 245 g/mol. The van der Waals surface area contributed by atoms with Crippen molar-refractivity contribution < 1.29 is 9.59 Å². The Bertz CT molecular complexity index is 536. The van der Waals surface area contributed by atoms with Crippen LogP contribution in [0.5, 0.6) is 0 Å². The van der Waals surface area contributed by atoms with Crippen molar-refractivity contribution in [3.63, 3.8) is 0 Å². The first-order chi connectivity index (χ1) is 8.66. The fraction of sp³-hybridized carbons (Fsp3) is 0.385. The minimum Gasteiger partial charge on any atom is -0.364 e. The lowest BCUT2D eigenvalue weighted by Crippen LogP contribution is -2.46. The molecule has 2 aliphatic heterocycles. The van der Waals surface area contributed by atoms with E-state index in [0.717, 1.165) is 26.2 Å². The van der Waals surface area contributed by atoms with Gasteiger partial charge in [0.15, 0.2) is 0 Å². The first kappa shape index (κ1) is 11.2. The van der Waals surface area contributed by atoms with E-state index in [2.05, 4.69) is 11.9 Å². The van der Waals surface area contributed by atoms with Crippen molar-refractivity contribution in [2.75, 3.05) is 33.2 Å². The molecular formula is C13H15N3O2.